The average molecular weight is 277 g/mol. The van der Waals surface area contributed by atoms with Gasteiger partial charge in [-0.05, 0) is 25.2 Å². The summed E-state index contributed by atoms with van der Waals surface area (Å²) >= 11 is 0. The van der Waals surface area contributed by atoms with Gasteiger partial charge in [-0.3, -0.25) is 0 Å². The van der Waals surface area contributed by atoms with Gasteiger partial charge < -0.3 is 10.3 Å². The number of nitrogen functional groups attached to an aromatic ring is 1. The van der Waals surface area contributed by atoms with Crippen LogP contribution >= 0.6 is 0 Å². The van der Waals surface area contributed by atoms with Gasteiger partial charge in [-0.2, -0.15) is 0 Å². The van der Waals surface area contributed by atoms with E-state index in [-0.39, 0.29) is 0 Å². The van der Waals surface area contributed by atoms with Crippen LogP contribution in [-0.2, 0) is 13.0 Å². The molecule has 20 heavy (non-hydrogen) atoms. The molecule has 0 radical (unpaired) electrons. The number of aromatic nitrogens is 2. The molecule has 3 nitrogen and oxygen atoms in total. The number of imidazole rings is 1. The van der Waals surface area contributed by atoms with E-state index < -0.39 is 0 Å². The molecule has 1 aliphatic rings. The van der Waals surface area contributed by atoms with Gasteiger partial charge >= 0.3 is 0 Å². The second kappa shape index (κ2) is 7.14. The normalized spacial score (nSPS) is 17.6. The maximum absolute atomic E-state index is 6.47. The maximum atomic E-state index is 6.47. The molecule has 3 heteroatoms. The SMILES string of the molecule is CCCc1nc(C2CCCCCC2)c(N)n1CC(C)C. The van der Waals surface area contributed by atoms with E-state index in [1.165, 1.54) is 50.0 Å². The zero-order valence-electron chi connectivity index (χ0n) is 13.5. The van der Waals surface area contributed by atoms with Gasteiger partial charge in [0, 0.05) is 18.9 Å². The van der Waals surface area contributed by atoms with Crippen molar-refractivity contribution in [2.24, 2.45) is 5.92 Å². The average Bonchev–Trinajstić information content (AvgIpc) is 2.62. The van der Waals surface area contributed by atoms with Crippen molar-refractivity contribution in [1.29, 1.82) is 0 Å². The molecule has 0 spiro atoms. The zero-order chi connectivity index (χ0) is 14.5. The number of hydrogen-bond acceptors (Lipinski definition) is 2. The van der Waals surface area contributed by atoms with E-state index in [4.69, 9.17) is 10.7 Å². The van der Waals surface area contributed by atoms with Gasteiger partial charge in [-0.15, -0.1) is 0 Å². The van der Waals surface area contributed by atoms with Crippen LogP contribution in [0.25, 0.3) is 0 Å². The minimum absolute atomic E-state index is 0.599. The van der Waals surface area contributed by atoms with Crippen LogP contribution in [0.1, 0.15) is 83.2 Å². The summed E-state index contributed by atoms with van der Waals surface area (Å²) in [5.41, 5.74) is 7.67. The largest absolute Gasteiger partial charge is 0.384 e. The van der Waals surface area contributed by atoms with Gasteiger partial charge in [0.25, 0.3) is 0 Å². The van der Waals surface area contributed by atoms with Crippen molar-refractivity contribution in [2.45, 2.75) is 84.6 Å². The van der Waals surface area contributed by atoms with E-state index in [2.05, 4.69) is 25.3 Å². The van der Waals surface area contributed by atoms with Gasteiger partial charge in [0.05, 0.1) is 5.69 Å². The van der Waals surface area contributed by atoms with Crippen molar-refractivity contribution in [3.63, 3.8) is 0 Å². The molecule has 0 atom stereocenters. The van der Waals surface area contributed by atoms with Crippen molar-refractivity contribution in [2.75, 3.05) is 5.73 Å². The Morgan fingerprint density at radius 2 is 1.85 bits per heavy atom. The Bertz CT molecular complexity index is 412. The highest BCUT2D eigenvalue weighted by atomic mass is 15.1. The summed E-state index contributed by atoms with van der Waals surface area (Å²) in [5.74, 6) is 3.37. The van der Waals surface area contributed by atoms with E-state index in [0.717, 1.165) is 25.2 Å². The molecule has 1 aromatic rings. The molecule has 0 aromatic carbocycles. The highest BCUT2D eigenvalue weighted by Crippen LogP contribution is 2.34. The summed E-state index contributed by atoms with van der Waals surface area (Å²) in [4.78, 5) is 4.96. The summed E-state index contributed by atoms with van der Waals surface area (Å²) < 4.78 is 2.29. The first-order valence-corrected chi connectivity index (χ1v) is 8.48. The molecular weight excluding hydrogens is 246 g/mol. The Hall–Kier alpha value is -0.990. The first-order valence-electron chi connectivity index (χ1n) is 8.48. The lowest BCUT2D eigenvalue weighted by atomic mass is 9.96. The topological polar surface area (TPSA) is 43.8 Å². The van der Waals surface area contributed by atoms with Gasteiger partial charge in [0.1, 0.15) is 11.6 Å². The predicted molar refractivity (Wildman–Crippen MR) is 85.9 cm³/mol. The van der Waals surface area contributed by atoms with Gasteiger partial charge in [0.15, 0.2) is 0 Å². The Kier molecular flexibility index (Phi) is 5.50. The Labute approximate surface area is 124 Å². The van der Waals surface area contributed by atoms with Crippen molar-refractivity contribution >= 4 is 5.82 Å². The van der Waals surface area contributed by atoms with E-state index >= 15 is 0 Å². The summed E-state index contributed by atoms with van der Waals surface area (Å²) in [6.45, 7) is 7.72. The molecule has 1 fully saturated rings. The minimum atomic E-state index is 0.599. The summed E-state index contributed by atoms with van der Waals surface area (Å²) in [7, 11) is 0. The van der Waals surface area contributed by atoms with Crippen LogP contribution in [0, 0.1) is 5.92 Å². The number of nitrogens with two attached hydrogens (primary N) is 1. The Morgan fingerprint density at radius 3 is 2.40 bits per heavy atom. The molecule has 0 bridgehead atoms. The van der Waals surface area contributed by atoms with Crippen molar-refractivity contribution in [3.05, 3.63) is 11.5 Å². The second-order valence-corrected chi connectivity index (χ2v) is 6.74. The van der Waals surface area contributed by atoms with Crippen LogP contribution in [-0.4, -0.2) is 9.55 Å². The van der Waals surface area contributed by atoms with Crippen LogP contribution in [0.15, 0.2) is 0 Å². The van der Waals surface area contributed by atoms with Crippen LogP contribution < -0.4 is 5.73 Å². The zero-order valence-corrected chi connectivity index (χ0v) is 13.5. The van der Waals surface area contributed by atoms with Crippen LogP contribution in [0.4, 0.5) is 5.82 Å². The molecule has 0 aliphatic heterocycles. The standard InChI is InChI=1S/C17H31N3/c1-4-9-15-19-16(14-10-7-5-6-8-11-14)17(18)20(15)12-13(2)3/h13-14H,4-12,18H2,1-3H3. The van der Waals surface area contributed by atoms with Gasteiger partial charge in [-0.25, -0.2) is 4.98 Å². The lowest BCUT2D eigenvalue weighted by Crippen LogP contribution is -2.12. The molecule has 0 amide bonds. The Balaban J connectivity index is 2.27. The molecular formula is C17H31N3. The van der Waals surface area contributed by atoms with Crippen molar-refractivity contribution in [3.8, 4) is 0 Å². The first kappa shape index (κ1) is 15.4. The van der Waals surface area contributed by atoms with E-state index in [9.17, 15) is 0 Å². The van der Waals surface area contributed by atoms with E-state index in [0.29, 0.717) is 11.8 Å². The minimum Gasteiger partial charge on any atom is -0.384 e. The molecule has 0 saturated heterocycles. The number of hydrogen-bond donors (Lipinski definition) is 1. The van der Waals surface area contributed by atoms with Gasteiger partial charge in [-0.1, -0.05) is 46.5 Å². The fourth-order valence-electron chi connectivity index (χ4n) is 3.37. The third-order valence-corrected chi connectivity index (χ3v) is 4.38. The van der Waals surface area contributed by atoms with Crippen molar-refractivity contribution < 1.29 is 0 Å². The van der Waals surface area contributed by atoms with Crippen LogP contribution in [0.2, 0.25) is 0 Å². The van der Waals surface area contributed by atoms with Crippen molar-refractivity contribution in [1.82, 2.24) is 9.55 Å². The number of nitrogens with zero attached hydrogens (tertiary/aromatic N) is 2. The third-order valence-electron chi connectivity index (χ3n) is 4.38. The van der Waals surface area contributed by atoms with Crippen LogP contribution in [0.3, 0.4) is 0 Å². The second-order valence-electron chi connectivity index (χ2n) is 6.74. The molecule has 2 rings (SSSR count). The van der Waals surface area contributed by atoms with E-state index in [1.54, 1.807) is 0 Å². The first-order chi connectivity index (χ1) is 9.63. The summed E-state index contributed by atoms with van der Waals surface area (Å²) in [6, 6.07) is 0. The molecule has 1 aliphatic carbocycles. The monoisotopic (exact) mass is 277 g/mol. The third kappa shape index (κ3) is 3.56. The quantitative estimate of drug-likeness (QED) is 0.805. The molecule has 2 N–H and O–H groups in total. The fraction of sp³-hybridized carbons (Fsp3) is 0.824. The van der Waals surface area contributed by atoms with Gasteiger partial charge in [0.2, 0.25) is 0 Å². The highest BCUT2D eigenvalue weighted by Gasteiger charge is 2.23. The predicted octanol–water partition coefficient (Wildman–Crippen LogP) is 4.51. The lowest BCUT2D eigenvalue weighted by molar-refractivity contribution is 0.509. The maximum Gasteiger partial charge on any atom is 0.127 e. The van der Waals surface area contributed by atoms with E-state index in [1.807, 2.05) is 0 Å². The fourth-order valence-corrected chi connectivity index (χ4v) is 3.37. The number of rotatable bonds is 5. The molecule has 1 heterocycles. The molecule has 114 valence electrons. The molecule has 1 saturated carbocycles. The lowest BCUT2D eigenvalue weighted by Gasteiger charge is -2.14. The Morgan fingerprint density at radius 1 is 1.20 bits per heavy atom. The number of aryl methyl sites for hydroxylation is 1. The smallest absolute Gasteiger partial charge is 0.127 e. The van der Waals surface area contributed by atoms with Crippen LogP contribution in [0.5, 0.6) is 0 Å². The summed E-state index contributed by atoms with van der Waals surface area (Å²) in [6.07, 6.45) is 10.2. The summed E-state index contributed by atoms with van der Waals surface area (Å²) in [5, 5.41) is 0. The number of anilines is 1. The molecule has 1 aromatic heterocycles. The molecule has 0 unspecified atom stereocenters. The highest BCUT2D eigenvalue weighted by molar-refractivity contribution is 5.41.